The highest BCUT2D eigenvalue weighted by Crippen LogP contribution is 2.39. The second-order valence-electron chi connectivity index (χ2n) is 4.38. The summed E-state index contributed by atoms with van der Waals surface area (Å²) in [6.45, 7) is 0. The Balaban J connectivity index is 2.55. The van der Waals surface area contributed by atoms with Gasteiger partial charge in [-0.3, -0.25) is 0 Å². The van der Waals surface area contributed by atoms with Crippen molar-refractivity contribution in [3.63, 3.8) is 0 Å². The average Bonchev–Trinajstić information content (AvgIpc) is 2.45. The SMILES string of the molecule is CN(c1cccc(C#N)c1)c1cc(Br)ccc1C(F)(F)F. The number of rotatable bonds is 2. The predicted molar refractivity (Wildman–Crippen MR) is 78.4 cm³/mol. The third kappa shape index (κ3) is 3.37. The fourth-order valence-electron chi connectivity index (χ4n) is 1.95. The summed E-state index contributed by atoms with van der Waals surface area (Å²) in [5.41, 5.74) is 0.197. The molecule has 6 heteroatoms. The Kier molecular flexibility index (Phi) is 4.24. The molecule has 2 rings (SSSR count). The van der Waals surface area contributed by atoms with Gasteiger partial charge in [0.1, 0.15) is 0 Å². The van der Waals surface area contributed by atoms with Gasteiger partial charge in [-0.25, -0.2) is 0 Å². The van der Waals surface area contributed by atoms with Gasteiger partial charge in [-0.2, -0.15) is 18.4 Å². The fourth-order valence-corrected chi connectivity index (χ4v) is 2.29. The first kappa shape index (κ1) is 15.4. The molecule has 0 aromatic heterocycles. The lowest BCUT2D eigenvalue weighted by Crippen LogP contribution is -2.16. The summed E-state index contributed by atoms with van der Waals surface area (Å²) in [4.78, 5) is 1.41. The molecule has 0 bridgehead atoms. The molecular formula is C15H10BrF3N2. The maximum absolute atomic E-state index is 13.1. The third-order valence-corrected chi connectivity index (χ3v) is 3.48. The molecule has 2 nitrogen and oxygen atoms in total. The zero-order chi connectivity index (χ0) is 15.6. The van der Waals surface area contributed by atoms with Crippen molar-refractivity contribution in [1.82, 2.24) is 0 Å². The van der Waals surface area contributed by atoms with Crippen molar-refractivity contribution in [3.8, 4) is 6.07 Å². The van der Waals surface area contributed by atoms with Crippen LogP contribution in [0.2, 0.25) is 0 Å². The number of halogens is 4. The van der Waals surface area contributed by atoms with E-state index < -0.39 is 11.7 Å². The van der Waals surface area contributed by atoms with E-state index in [0.29, 0.717) is 15.7 Å². The molecule has 2 aromatic rings. The molecule has 2 aromatic carbocycles. The summed E-state index contributed by atoms with van der Waals surface area (Å²) in [6, 6.07) is 12.2. The lowest BCUT2D eigenvalue weighted by atomic mass is 10.1. The Labute approximate surface area is 128 Å². The first-order chi connectivity index (χ1) is 9.82. The number of benzene rings is 2. The first-order valence-electron chi connectivity index (χ1n) is 5.93. The van der Waals surface area contributed by atoms with Gasteiger partial charge in [0, 0.05) is 17.2 Å². The van der Waals surface area contributed by atoms with E-state index in [9.17, 15) is 13.2 Å². The summed E-state index contributed by atoms with van der Waals surface area (Å²) < 4.78 is 39.9. The maximum atomic E-state index is 13.1. The maximum Gasteiger partial charge on any atom is 0.418 e. The zero-order valence-corrected chi connectivity index (χ0v) is 12.5. The van der Waals surface area contributed by atoms with Gasteiger partial charge in [0.05, 0.1) is 22.9 Å². The average molecular weight is 355 g/mol. The van der Waals surface area contributed by atoms with Gasteiger partial charge in [0.2, 0.25) is 0 Å². The van der Waals surface area contributed by atoms with E-state index in [1.807, 2.05) is 6.07 Å². The van der Waals surface area contributed by atoms with E-state index >= 15 is 0 Å². The van der Waals surface area contributed by atoms with Gasteiger partial charge in [0.15, 0.2) is 0 Å². The standard InChI is InChI=1S/C15H10BrF3N2/c1-21(12-4-2-3-10(7-12)9-20)14-8-11(16)5-6-13(14)15(17,18)19/h2-8H,1H3. The minimum atomic E-state index is -4.45. The lowest BCUT2D eigenvalue weighted by Gasteiger charge is -2.24. The van der Waals surface area contributed by atoms with E-state index in [2.05, 4.69) is 15.9 Å². The molecule has 0 amide bonds. The molecule has 0 saturated heterocycles. The number of nitriles is 1. The van der Waals surface area contributed by atoms with Crippen LogP contribution in [-0.4, -0.2) is 7.05 Å². The van der Waals surface area contributed by atoms with Crippen molar-refractivity contribution in [2.45, 2.75) is 6.18 Å². The van der Waals surface area contributed by atoms with Gasteiger partial charge < -0.3 is 4.90 Å². The molecule has 0 heterocycles. The largest absolute Gasteiger partial charge is 0.418 e. The van der Waals surface area contributed by atoms with Gasteiger partial charge in [-0.15, -0.1) is 0 Å². The number of alkyl halides is 3. The second-order valence-corrected chi connectivity index (χ2v) is 5.30. The summed E-state index contributed by atoms with van der Waals surface area (Å²) >= 11 is 3.19. The zero-order valence-electron chi connectivity index (χ0n) is 10.9. The first-order valence-corrected chi connectivity index (χ1v) is 6.73. The minimum absolute atomic E-state index is 0.0203. The molecule has 0 radical (unpaired) electrons. The van der Waals surface area contributed by atoms with Crippen molar-refractivity contribution in [3.05, 3.63) is 58.1 Å². The van der Waals surface area contributed by atoms with Crippen LogP contribution in [-0.2, 0) is 6.18 Å². The summed E-state index contributed by atoms with van der Waals surface area (Å²) in [7, 11) is 1.54. The van der Waals surface area contributed by atoms with Crippen LogP contribution in [0.5, 0.6) is 0 Å². The van der Waals surface area contributed by atoms with Crippen molar-refractivity contribution >= 4 is 27.3 Å². The highest BCUT2D eigenvalue weighted by molar-refractivity contribution is 9.10. The van der Waals surface area contributed by atoms with Crippen molar-refractivity contribution in [2.75, 3.05) is 11.9 Å². The Morgan fingerprint density at radius 3 is 2.48 bits per heavy atom. The van der Waals surface area contributed by atoms with Crippen LogP contribution in [0.4, 0.5) is 24.5 Å². The smallest absolute Gasteiger partial charge is 0.344 e. The van der Waals surface area contributed by atoms with E-state index in [4.69, 9.17) is 5.26 Å². The highest BCUT2D eigenvalue weighted by Gasteiger charge is 2.34. The topological polar surface area (TPSA) is 27.0 Å². The van der Waals surface area contributed by atoms with Gasteiger partial charge in [-0.1, -0.05) is 22.0 Å². The fraction of sp³-hybridized carbons (Fsp3) is 0.133. The Morgan fingerprint density at radius 2 is 1.86 bits per heavy atom. The Hall–Kier alpha value is -2.00. The molecule has 0 aliphatic rings. The van der Waals surface area contributed by atoms with Crippen LogP contribution >= 0.6 is 15.9 Å². The summed E-state index contributed by atoms with van der Waals surface area (Å²) in [5.74, 6) is 0. The van der Waals surface area contributed by atoms with Gasteiger partial charge >= 0.3 is 6.18 Å². The molecule has 21 heavy (non-hydrogen) atoms. The third-order valence-electron chi connectivity index (χ3n) is 2.99. The van der Waals surface area contributed by atoms with Crippen LogP contribution in [0.15, 0.2) is 46.9 Å². The molecule has 108 valence electrons. The molecular weight excluding hydrogens is 345 g/mol. The van der Waals surface area contributed by atoms with E-state index in [1.165, 1.54) is 24.1 Å². The minimum Gasteiger partial charge on any atom is -0.344 e. The number of nitrogens with zero attached hydrogens (tertiary/aromatic N) is 2. The number of anilines is 2. The summed E-state index contributed by atoms with van der Waals surface area (Å²) in [5, 5.41) is 8.89. The molecule has 0 N–H and O–H groups in total. The quantitative estimate of drug-likeness (QED) is 0.749. The number of hydrogen-bond acceptors (Lipinski definition) is 2. The Bertz CT molecular complexity index is 705. The van der Waals surface area contributed by atoms with Gasteiger partial charge in [-0.05, 0) is 36.4 Å². The molecule has 0 spiro atoms. The molecule has 0 atom stereocenters. The van der Waals surface area contributed by atoms with Crippen molar-refractivity contribution in [1.29, 1.82) is 5.26 Å². The second kappa shape index (κ2) is 5.78. The monoisotopic (exact) mass is 354 g/mol. The van der Waals surface area contributed by atoms with E-state index in [-0.39, 0.29) is 5.69 Å². The number of hydrogen-bond donors (Lipinski definition) is 0. The molecule has 0 unspecified atom stereocenters. The predicted octanol–water partition coefficient (Wildman–Crippen LogP) is 5.11. The van der Waals surface area contributed by atoms with Crippen LogP contribution in [0.3, 0.4) is 0 Å². The van der Waals surface area contributed by atoms with Gasteiger partial charge in [0.25, 0.3) is 0 Å². The van der Waals surface area contributed by atoms with Crippen LogP contribution in [0.25, 0.3) is 0 Å². The molecule has 0 aliphatic carbocycles. The normalized spacial score (nSPS) is 11.0. The van der Waals surface area contributed by atoms with Crippen LogP contribution in [0, 0.1) is 11.3 Å². The Morgan fingerprint density at radius 1 is 1.14 bits per heavy atom. The van der Waals surface area contributed by atoms with Crippen LogP contribution in [0.1, 0.15) is 11.1 Å². The molecule has 0 aliphatic heterocycles. The van der Waals surface area contributed by atoms with Crippen molar-refractivity contribution < 1.29 is 13.2 Å². The van der Waals surface area contributed by atoms with Crippen LogP contribution < -0.4 is 4.90 Å². The van der Waals surface area contributed by atoms with E-state index in [0.717, 1.165) is 6.07 Å². The summed E-state index contributed by atoms with van der Waals surface area (Å²) in [6.07, 6.45) is -4.45. The molecule has 0 saturated carbocycles. The highest BCUT2D eigenvalue weighted by atomic mass is 79.9. The lowest BCUT2D eigenvalue weighted by molar-refractivity contribution is -0.137. The molecule has 0 fully saturated rings. The van der Waals surface area contributed by atoms with Crippen molar-refractivity contribution in [2.24, 2.45) is 0 Å². The van der Waals surface area contributed by atoms with E-state index in [1.54, 1.807) is 24.3 Å².